The highest BCUT2D eigenvalue weighted by Crippen LogP contribution is 2.27. The third-order valence-corrected chi connectivity index (χ3v) is 3.98. The van der Waals surface area contributed by atoms with E-state index < -0.39 is 18.0 Å². The monoisotopic (exact) mass is 303 g/mol. The minimum atomic E-state index is -1.04. The molecule has 0 aliphatic carbocycles. The summed E-state index contributed by atoms with van der Waals surface area (Å²) in [5.74, 6) is 0.322. The maximum atomic E-state index is 13.8. The van der Waals surface area contributed by atoms with Crippen molar-refractivity contribution in [2.45, 2.75) is 25.5 Å². The maximum Gasteiger partial charge on any atom is 0.129 e. The molecule has 2 aromatic rings. The molecule has 0 amide bonds. The van der Waals surface area contributed by atoms with E-state index in [1.165, 1.54) is 6.07 Å². The number of hydrogen-bond donors (Lipinski definition) is 2. The number of benzene rings is 2. The predicted octanol–water partition coefficient (Wildman–Crippen LogP) is 3.07. The Morgan fingerprint density at radius 3 is 2.45 bits per heavy atom. The number of hydrogen-bond acceptors (Lipinski definition) is 3. The van der Waals surface area contributed by atoms with Gasteiger partial charge in [0.15, 0.2) is 0 Å². The molecular weight excluding hydrogens is 281 g/mol. The molecule has 3 nitrogen and oxygen atoms in total. The summed E-state index contributed by atoms with van der Waals surface area (Å²) in [6.45, 7) is 1.95. The summed E-state index contributed by atoms with van der Waals surface area (Å²) in [6.07, 6.45) is -0.387. The Hall–Kier alpha value is -1.91. The third-order valence-electron chi connectivity index (χ3n) is 3.98. The van der Waals surface area contributed by atoms with Crippen LogP contribution in [0.1, 0.15) is 24.2 Å². The fourth-order valence-corrected chi connectivity index (χ4v) is 2.59. The number of halogens is 1. The standard InChI is InChI=1S/C18H22FNO2/c1-12(11-13-7-3-6-10-16(13)22-2)17(20)18(21)14-8-4-5-9-15(14)19/h3-10,12,17-18,21H,11,20H2,1-2H3/t12?,17-,18-/m1/s1. The molecule has 118 valence electrons. The van der Waals surface area contributed by atoms with Gasteiger partial charge in [-0.2, -0.15) is 0 Å². The van der Waals surface area contributed by atoms with E-state index in [0.717, 1.165) is 11.3 Å². The van der Waals surface area contributed by atoms with Crippen LogP contribution >= 0.6 is 0 Å². The summed E-state index contributed by atoms with van der Waals surface area (Å²) in [5, 5.41) is 10.3. The minimum absolute atomic E-state index is 0.0362. The van der Waals surface area contributed by atoms with Crippen LogP contribution in [-0.2, 0) is 6.42 Å². The zero-order valence-corrected chi connectivity index (χ0v) is 12.9. The highest BCUT2D eigenvalue weighted by Gasteiger charge is 2.25. The third kappa shape index (κ3) is 3.64. The van der Waals surface area contributed by atoms with Crippen molar-refractivity contribution in [3.8, 4) is 5.75 Å². The fraction of sp³-hybridized carbons (Fsp3) is 0.333. The van der Waals surface area contributed by atoms with Gasteiger partial charge in [-0.05, 0) is 30.0 Å². The largest absolute Gasteiger partial charge is 0.496 e. The van der Waals surface area contributed by atoms with E-state index in [-0.39, 0.29) is 11.5 Å². The van der Waals surface area contributed by atoms with Gasteiger partial charge in [-0.3, -0.25) is 0 Å². The van der Waals surface area contributed by atoms with Crippen LogP contribution in [-0.4, -0.2) is 18.3 Å². The van der Waals surface area contributed by atoms with Gasteiger partial charge in [0.2, 0.25) is 0 Å². The van der Waals surface area contributed by atoms with Gasteiger partial charge in [0.1, 0.15) is 11.6 Å². The zero-order chi connectivity index (χ0) is 16.1. The fourth-order valence-electron chi connectivity index (χ4n) is 2.59. The van der Waals surface area contributed by atoms with Crippen LogP contribution in [0.3, 0.4) is 0 Å². The van der Waals surface area contributed by atoms with Gasteiger partial charge in [0.25, 0.3) is 0 Å². The first kappa shape index (κ1) is 16.5. The molecule has 0 saturated heterocycles. The minimum Gasteiger partial charge on any atom is -0.496 e. The summed E-state index contributed by atoms with van der Waals surface area (Å²) in [5.41, 5.74) is 7.40. The summed E-state index contributed by atoms with van der Waals surface area (Å²) < 4.78 is 19.1. The molecule has 0 heterocycles. The molecule has 0 aromatic heterocycles. The van der Waals surface area contributed by atoms with Gasteiger partial charge in [-0.1, -0.05) is 43.3 Å². The van der Waals surface area contributed by atoms with Crippen molar-refractivity contribution in [2.75, 3.05) is 7.11 Å². The molecule has 2 rings (SSSR count). The molecule has 22 heavy (non-hydrogen) atoms. The second kappa shape index (κ2) is 7.38. The topological polar surface area (TPSA) is 55.5 Å². The molecular formula is C18H22FNO2. The van der Waals surface area contributed by atoms with Crippen LogP contribution in [0.25, 0.3) is 0 Å². The second-order valence-corrected chi connectivity index (χ2v) is 5.54. The van der Waals surface area contributed by atoms with Crippen LogP contribution in [0.15, 0.2) is 48.5 Å². The maximum absolute atomic E-state index is 13.8. The van der Waals surface area contributed by atoms with Crippen molar-refractivity contribution >= 4 is 0 Å². The number of nitrogens with two attached hydrogens (primary N) is 1. The Morgan fingerprint density at radius 1 is 1.14 bits per heavy atom. The first-order chi connectivity index (χ1) is 10.5. The van der Waals surface area contributed by atoms with E-state index in [1.54, 1.807) is 25.3 Å². The Bertz CT molecular complexity index is 618. The molecule has 0 bridgehead atoms. The number of aliphatic hydroxyl groups is 1. The Balaban J connectivity index is 2.12. The van der Waals surface area contributed by atoms with Crippen molar-refractivity contribution in [3.05, 3.63) is 65.5 Å². The average Bonchev–Trinajstić information content (AvgIpc) is 2.54. The molecule has 3 atom stereocenters. The van der Waals surface area contributed by atoms with E-state index in [0.29, 0.717) is 6.42 Å². The lowest BCUT2D eigenvalue weighted by molar-refractivity contribution is 0.117. The smallest absolute Gasteiger partial charge is 0.129 e. The highest BCUT2D eigenvalue weighted by atomic mass is 19.1. The Morgan fingerprint density at radius 2 is 1.77 bits per heavy atom. The molecule has 0 radical (unpaired) electrons. The first-order valence-corrected chi connectivity index (χ1v) is 7.34. The number of para-hydroxylation sites is 1. The van der Waals surface area contributed by atoms with E-state index in [9.17, 15) is 9.50 Å². The van der Waals surface area contributed by atoms with Crippen LogP contribution in [0, 0.1) is 11.7 Å². The number of methoxy groups -OCH3 is 1. The summed E-state index contributed by atoms with van der Waals surface area (Å²) in [6, 6.07) is 13.3. The van der Waals surface area contributed by atoms with Crippen LogP contribution < -0.4 is 10.5 Å². The van der Waals surface area contributed by atoms with E-state index >= 15 is 0 Å². The van der Waals surface area contributed by atoms with Gasteiger partial charge >= 0.3 is 0 Å². The predicted molar refractivity (Wildman–Crippen MR) is 85.2 cm³/mol. The lowest BCUT2D eigenvalue weighted by Crippen LogP contribution is -2.36. The normalized spacial score (nSPS) is 15.1. The average molecular weight is 303 g/mol. The van der Waals surface area contributed by atoms with E-state index in [4.69, 9.17) is 10.5 Å². The van der Waals surface area contributed by atoms with E-state index in [2.05, 4.69) is 0 Å². The van der Waals surface area contributed by atoms with Crippen molar-refractivity contribution in [1.29, 1.82) is 0 Å². The lowest BCUT2D eigenvalue weighted by Gasteiger charge is -2.26. The van der Waals surface area contributed by atoms with Crippen molar-refractivity contribution in [2.24, 2.45) is 11.7 Å². The summed E-state index contributed by atoms with van der Waals surface area (Å²) >= 11 is 0. The number of aliphatic hydroxyl groups excluding tert-OH is 1. The van der Waals surface area contributed by atoms with Gasteiger partial charge < -0.3 is 15.6 Å². The van der Waals surface area contributed by atoms with Gasteiger partial charge in [0, 0.05) is 11.6 Å². The van der Waals surface area contributed by atoms with Crippen molar-refractivity contribution < 1.29 is 14.2 Å². The first-order valence-electron chi connectivity index (χ1n) is 7.34. The van der Waals surface area contributed by atoms with Gasteiger partial charge in [-0.25, -0.2) is 4.39 Å². The number of rotatable bonds is 6. The molecule has 3 N–H and O–H groups in total. The molecule has 0 saturated carbocycles. The zero-order valence-electron chi connectivity index (χ0n) is 12.9. The molecule has 0 fully saturated rings. The quantitative estimate of drug-likeness (QED) is 0.862. The lowest BCUT2D eigenvalue weighted by atomic mass is 9.88. The van der Waals surface area contributed by atoms with Crippen molar-refractivity contribution in [1.82, 2.24) is 0 Å². The van der Waals surface area contributed by atoms with Crippen molar-refractivity contribution in [3.63, 3.8) is 0 Å². The molecule has 1 unspecified atom stereocenters. The van der Waals surface area contributed by atoms with Gasteiger partial charge in [0.05, 0.1) is 13.2 Å². The van der Waals surface area contributed by atoms with E-state index in [1.807, 2.05) is 31.2 Å². The number of ether oxygens (including phenoxy) is 1. The molecule has 2 aromatic carbocycles. The summed E-state index contributed by atoms with van der Waals surface area (Å²) in [7, 11) is 1.62. The van der Waals surface area contributed by atoms with Crippen LogP contribution in [0.5, 0.6) is 5.75 Å². The van der Waals surface area contributed by atoms with Crippen LogP contribution in [0.2, 0.25) is 0 Å². The highest BCUT2D eigenvalue weighted by molar-refractivity contribution is 5.33. The van der Waals surface area contributed by atoms with Gasteiger partial charge in [-0.15, -0.1) is 0 Å². The Labute approximate surface area is 130 Å². The molecule has 4 heteroatoms. The molecule has 0 spiro atoms. The SMILES string of the molecule is COc1ccccc1CC(C)[C@@H](N)[C@H](O)c1ccccc1F. The Kier molecular flexibility index (Phi) is 5.52. The molecule has 0 aliphatic heterocycles. The summed E-state index contributed by atoms with van der Waals surface area (Å²) in [4.78, 5) is 0. The second-order valence-electron chi connectivity index (χ2n) is 5.54. The van der Waals surface area contributed by atoms with Crippen LogP contribution in [0.4, 0.5) is 4.39 Å². The molecule has 0 aliphatic rings.